The molecule has 1 unspecified atom stereocenters. The van der Waals surface area contributed by atoms with Gasteiger partial charge in [0.25, 0.3) is 5.69 Å². The van der Waals surface area contributed by atoms with E-state index in [0.717, 1.165) is 22.4 Å². The Hall–Kier alpha value is -4.85. The molecule has 0 saturated carbocycles. The van der Waals surface area contributed by atoms with Crippen LogP contribution in [0.2, 0.25) is 0 Å². The molecule has 0 saturated heterocycles. The maximum absolute atomic E-state index is 13.1. The molecule has 4 aromatic rings. The van der Waals surface area contributed by atoms with E-state index >= 15 is 0 Å². The molecule has 42 heavy (non-hydrogen) atoms. The molecular weight excluding hydrogens is 530 g/mol. The quantitative estimate of drug-likeness (QED) is 0.187. The fourth-order valence-electron chi connectivity index (χ4n) is 6.19. The third-order valence-electron chi connectivity index (χ3n) is 8.30. The number of carbonyl (C=O) groups is 2. The van der Waals surface area contributed by atoms with Crippen LogP contribution in [0.1, 0.15) is 63.6 Å². The molecule has 1 aromatic heterocycles. The number of carbonyl (C=O) groups excluding carboxylic acids is 2. The summed E-state index contributed by atoms with van der Waals surface area (Å²) in [5.74, 6) is -1.46. The van der Waals surface area contributed by atoms with Gasteiger partial charge in [-0.2, -0.15) is 4.57 Å². The van der Waals surface area contributed by atoms with Crippen LogP contribution in [-0.2, 0) is 18.3 Å². The van der Waals surface area contributed by atoms with Crippen molar-refractivity contribution in [2.45, 2.75) is 47.0 Å². The van der Waals surface area contributed by atoms with Crippen molar-refractivity contribution in [3.63, 3.8) is 0 Å². The summed E-state index contributed by atoms with van der Waals surface area (Å²) in [5, 5.41) is 28.4. The number of aromatic nitrogens is 1. The highest BCUT2D eigenvalue weighted by Crippen LogP contribution is 2.45. The molecule has 3 aromatic carbocycles. The average molecular weight is 564 g/mol. The van der Waals surface area contributed by atoms with Crippen molar-refractivity contribution in [3.8, 4) is 0 Å². The van der Waals surface area contributed by atoms with Crippen molar-refractivity contribution in [1.82, 2.24) is 0 Å². The van der Waals surface area contributed by atoms with Gasteiger partial charge in [-0.15, -0.1) is 0 Å². The topological polar surface area (TPSA) is 116 Å². The van der Waals surface area contributed by atoms with E-state index in [1.807, 2.05) is 75.7 Å². The Morgan fingerprint density at radius 1 is 1.02 bits per heavy atom. The minimum absolute atomic E-state index is 0.0773. The smallest absolute Gasteiger partial charge is 0.277 e. The lowest BCUT2D eigenvalue weighted by atomic mass is 9.70. The summed E-state index contributed by atoms with van der Waals surface area (Å²) in [4.78, 5) is 37.6. The number of aryl methyl sites for hydroxylation is 4. The van der Waals surface area contributed by atoms with E-state index in [0.29, 0.717) is 46.1 Å². The van der Waals surface area contributed by atoms with Gasteiger partial charge in [-0.05, 0) is 67.9 Å². The second-order valence-electron chi connectivity index (χ2n) is 11.5. The zero-order valence-electron chi connectivity index (χ0n) is 24.4. The van der Waals surface area contributed by atoms with Crippen LogP contribution >= 0.6 is 0 Å². The SMILES string of the molecule is Cc1ccc2c(C(=O)[O-])c3c([n+](C)c2c1)C(c1ccccc1[N+](=O)[O-])=CC(C)(CCC(=O)Nc1c(C)cccc1C)C3. The Labute approximate surface area is 244 Å². The summed E-state index contributed by atoms with van der Waals surface area (Å²) in [5.41, 5.74) is 5.77. The van der Waals surface area contributed by atoms with Crippen LogP contribution in [0.3, 0.4) is 0 Å². The van der Waals surface area contributed by atoms with E-state index in [9.17, 15) is 24.8 Å². The lowest BCUT2D eigenvalue weighted by Crippen LogP contribution is -2.42. The van der Waals surface area contributed by atoms with Crippen LogP contribution in [0, 0.1) is 36.3 Å². The zero-order valence-corrected chi connectivity index (χ0v) is 24.4. The molecule has 0 spiro atoms. The third kappa shape index (κ3) is 5.16. The maximum atomic E-state index is 13.1. The number of carboxylic acids is 1. The Kier molecular flexibility index (Phi) is 7.41. The molecule has 0 radical (unpaired) electrons. The monoisotopic (exact) mass is 563 g/mol. The zero-order chi connectivity index (χ0) is 30.3. The Bertz CT molecular complexity index is 1800. The number of rotatable bonds is 7. The van der Waals surface area contributed by atoms with Crippen LogP contribution < -0.4 is 15.0 Å². The molecule has 0 bridgehead atoms. The van der Waals surface area contributed by atoms with Gasteiger partial charge in [0, 0.05) is 35.4 Å². The van der Waals surface area contributed by atoms with E-state index in [-0.39, 0.29) is 23.6 Å². The first-order valence-corrected chi connectivity index (χ1v) is 13.9. The van der Waals surface area contributed by atoms with E-state index in [2.05, 4.69) is 5.32 Å². The van der Waals surface area contributed by atoms with Gasteiger partial charge in [-0.25, -0.2) is 0 Å². The molecule has 1 heterocycles. The summed E-state index contributed by atoms with van der Waals surface area (Å²) >= 11 is 0. The summed E-state index contributed by atoms with van der Waals surface area (Å²) in [6.45, 7) is 7.78. The molecule has 1 atom stereocenters. The van der Waals surface area contributed by atoms with E-state index in [4.69, 9.17) is 0 Å². The molecular formula is C34H33N3O5. The van der Waals surface area contributed by atoms with Gasteiger partial charge in [-0.1, -0.05) is 49.4 Å². The third-order valence-corrected chi connectivity index (χ3v) is 8.30. The lowest BCUT2D eigenvalue weighted by molar-refractivity contribution is -0.647. The number of nitro benzene ring substituents is 1. The molecule has 1 aliphatic carbocycles. The average Bonchev–Trinajstić information content (AvgIpc) is 2.94. The van der Waals surface area contributed by atoms with Crippen LogP contribution in [0.15, 0.2) is 66.7 Å². The fraction of sp³-hybridized carbons (Fsp3) is 0.265. The number of nitro groups is 1. The molecule has 0 aliphatic heterocycles. The minimum Gasteiger partial charge on any atom is -0.545 e. The van der Waals surface area contributed by atoms with Crippen molar-refractivity contribution in [2.75, 3.05) is 5.32 Å². The number of nitrogens with zero attached hydrogens (tertiary/aromatic N) is 2. The highest BCUT2D eigenvalue weighted by molar-refractivity contribution is 6.04. The predicted octanol–water partition coefficient (Wildman–Crippen LogP) is 5.27. The van der Waals surface area contributed by atoms with Crippen LogP contribution in [0.5, 0.6) is 0 Å². The standard InChI is InChI=1S/C34H33N3O5/c1-20-13-14-24-28(17-20)36(5)32-25(23-11-6-7-12-27(23)37(41)42)18-34(4,19-26(32)30(24)33(39)40)16-15-29(38)35-31-21(2)9-8-10-22(31)3/h6-14,17-18H,15-16,19H2,1-5H3,(H-,35,38,39,40). The summed E-state index contributed by atoms with van der Waals surface area (Å²) in [6.07, 6.45) is 2.88. The van der Waals surface area contributed by atoms with Crippen molar-refractivity contribution < 1.29 is 24.2 Å². The van der Waals surface area contributed by atoms with Gasteiger partial charge in [-0.3, -0.25) is 14.9 Å². The number of hydrogen-bond acceptors (Lipinski definition) is 5. The van der Waals surface area contributed by atoms with E-state index in [1.165, 1.54) is 6.07 Å². The number of benzene rings is 3. The molecule has 214 valence electrons. The Morgan fingerprint density at radius 3 is 2.38 bits per heavy atom. The van der Waals surface area contributed by atoms with E-state index < -0.39 is 16.3 Å². The summed E-state index contributed by atoms with van der Waals surface area (Å²) in [7, 11) is 1.85. The maximum Gasteiger partial charge on any atom is 0.277 e. The number of carboxylic acid groups (broad SMARTS) is 1. The van der Waals surface area contributed by atoms with Crippen molar-refractivity contribution >= 4 is 39.7 Å². The van der Waals surface area contributed by atoms with Gasteiger partial charge in [0.15, 0.2) is 0 Å². The highest BCUT2D eigenvalue weighted by Gasteiger charge is 2.40. The predicted molar refractivity (Wildman–Crippen MR) is 160 cm³/mol. The molecule has 1 N–H and O–H groups in total. The van der Waals surface area contributed by atoms with Gasteiger partial charge < -0.3 is 15.2 Å². The number of anilines is 1. The largest absolute Gasteiger partial charge is 0.545 e. The normalized spacial score (nSPS) is 16.1. The van der Waals surface area contributed by atoms with Crippen LogP contribution in [0.4, 0.5) is 11.4 Å². The second-order valence-corrected chi connectivity index (χ2v) is 11.5. The Morgan fingerprint density at radius 2 is 1.71 bits per heavy atom. The van der Waals surface area contributed by atoms with Crippen molar-refractivity contribution in [2.24, 2.45) is 12.5 Å². The Balaban J connectivity index is 1.67. The highest BCUT2D eigenvalue weighted by atomic mass is 16.6. The number of aromatic carboxylic acids is 1. The van der Waals surface area contributed by atoms with Crippen LogP contribution in [-0.4, -0.2) is 16.8 Å². The number of amides is 1. The first-order valence-electron chi connectivity index (χ1n) is 13.9. The van der Waals surface area contributed by atoms with Gasteiger partial charge >= 0.3 is 0 Å². The van der Waals surface area contributed by atoms with Gasteiger partial charge in [0.1, 0.15) is 7.05 Å². The first-order chi connectivity index (χ1) is 19.9. The molecule has 0 fully saturated rings. The fourth-order valence-corrected chi connectivity index (χ4v) is 6.19. The molecule has 8 nitrogen and oxygen atoms in total. The lowest BCUT2D eigenvalue weighted by Gasteiger charge is -2.33. The number of allylic oxidation sites excluding steroid dienone is 1. The number of para-hydroxylation sites is 2. The number of nitrogens with one attached hydrogen (secondary N) is 1. The number of fused-ring (bicyclic) bond motifs is 2. The molecule has 8 heteroatoms. The number of pyridine rings is 1. The second kappa shape index (κ2) is 10.9. The number of hydrogen-bond donors (Lipinski definition) is 1. The minimum atomic E-state index is -1.31. The molecule has 1 aliphatic rings. The van der Waals surface area contributed by atoms with E-state index in [1.54, 1.807) is 24.3 Å². The van der Waals surface area contributed by atoms with Gasteiger partial charge in [0.05, 0.1) is 27.4 Å². The van der Waals surface area contributed by atoms with Gasteiger partial charge in [0.2, 0.25) is 17.1 Å². The first kappa shape index (κ1) is 28.7. The summed E-state index contributed by atoms with van der Waals surface area (Å²) in [6, 6.07) is 17.9. The van der Waals surface area contributed by atoms with Crippen LogP contribution in [0.25, 0.3) is 16.5 Å². The molecule has 1 amide bonds. The summed E-state index contributed by atoms with van der Waals surface area (Å²) < 4.78 is 1.92. The van der Waals surface area contributed by atoms with Crippen molar-refractivity contribution in [1.29, 1.82) is 0 Å². The van der Waals surface area contributed by atoms with Crippen molar-refractivity contribution in [3.05, 3.63) is 116 Å². The molecule has 5 rings (SSSR count).